The van der Waals surface area contributed by atoms with Gasteiger partial charge in [0.05, 0.1) is 30.6 Å². The van der Waals surface area contributed by atoms with Crippen LogP contribution >= 0.6 is 58.1 Å². The molecule has 0 radical (unpaired) electrons. The Hall–Kier alpha value is -4.20. The zero-order valence-electron chi connectivity index (χ0n) is 22.1. The van der Waals surface area contributed by atoms with Crippen LogP contribution in [0.2, 0.25) is 10.0 Å². The Morgan fingerprint density at radius 1 is 1.00 bits per heavy atom. The van der Waals surface area contributed by atoms with E-state index >= 15 is 0 Å². The number of nitro groups is 1. The summed E-state index contributed by atoms with van der Waals surface area (Å²) in [4.78, 5) is 46.4. The summed E-state index contributed by atoms with van der Waals surface area (Å²) in [6, 6.07) is 23.6. The van der Waals surface area contributed by atoms with Crippen LogP contribution in [0.3, 0.4) is 0 Å². The predicted octanol–water partition coefficient (Wildman–Crippen LogP) is 8.81. The van der Waals surface area contributed by atoms with Crippen LogP contribution in [-0.2, 0) is 4.79 Å². The zero-order valence-corrected chi connectivity index (χ0v) is 26.1. The first-order valence-electron chi connectivity index (χ1n) is 12.7. The van der Waals surface area contributed by atoms with Crippen LogP contribution in [0.4, 0.5) is 17.1 Å². The number of hydrogen-bond acceptors (Lipinski definition) is 9. The van der Waals surface area contributed by atoms with Gasteiger partial charge in [-0.25, -0.2) is 9.98 Å². The lowest BCUT2D eigenvalue weighted by molar-refractivity contribution is -0.387. The number of carbonyl (C=O) groups is 2. The average Bonchev–Trinajstić information content (AvgIpc) is 3.56. The average molecular weight is 679 g/mol. The third-order valence-corrected chi connectivity index (χ3v) is 9.67. The van der Waals surface area contributed by atoms with Gasteiger partial charge in [-0.05, 0) is 96.2 Å². The highest BCUT2D eigenvalue weighted by Crippen LogP contribution is 2.40. The number of nitrogens with zero attached hydrogens (tertiary/aromatic N) is 3. The quantitative estimate of drug-likeness (QED) is 0.100. The molecule has 44 heavy (non-hydrogen) atoms. The molecule has 2 N–H and O–H groups in total. The van der Waals surface area contributed by atoms with Crippen molar-refractivity contribution in [2.75, 3.05) is 5.32 Å². The van der Waals surface area contributed by atoms with Gasteiger partial charge in [0.2, 0.25) is 0 Å². The fourth-order valence-electron chi connectivity index (χ4n) is 4.04. The second-order valence-electron chi connectivity index (χ2n) is 9.17. The number of benzene rings is 4. The molecule has 0 unspecified atom stereocenters. The van der Waals surface area contributed by atoms with Crippen LogP contribution in [0.5, 0.6) is 0 Å². The first-order valence-corrected chi connectivity index (χ1v) is 15.9. The van der Waals surface area contributed by atoms with Gasteiger partial charge < -0.3 is 10.6 Å². The van der Waals surface area contributed by atoms with E-state index in [1.165, 1.54) is 29.2 Å². The maximum atomic E-state index is 12.6. The second kappa shape index (κ2) is 12.8. The van der Waals surface area contributed by atoms with Gasteiger partial charge in [0.1, 0.15) is 0 Å². The molecule has 1 aromatic heterocycles. The number of hydrogen-bond donors (Lipinski definition) is 2. The molecule has 2 heterocycles. The fourth-order valence-corrected chi connectivity index (χ4v) is 7.28. The highest BCUT2D eigenvalue weighted by molar-refractivity contribution is 8.18. The number of rotatable bonds is 7. The van der Waals surface area contributed by atoms with E-state index in [0.717, 1.165) is 16.5 Å². The van der Waals surface area contributed by atoms with Crippen LogP contribution in [0.25, 0.3) is 16.3 Å². The van der Waals surface area contributed by atoms with Crippen molar-refractivity contribution in [3.8, 4) is 0 Å². The second-order valence-corrected chi connectivity index (χ2v) is 13.4. The number of thiazole rings is 1. The van der Waals surface area contributed by atoms with Crippen molar-refractivity contribution in [2.45, 2.75) is 9.24 Å². The maximum absolute atomic E-state index is 12.6. The summed E-state index contributed by atoms with van der Waals surface area (Å²) in [7, 11) is 0. The molecule has 1 fully saturated rings. The number of nitrogens with one attached hydrogen (secondary N) is 2. The van der Waals surface area contributed by atoms with E-state index in [-0.39, 0.29) is 17.5 Å². The van der Waals surface area contributed by atoms with E-state index in [2.05, 4.69) is 20.6 Å². The van der Waals surface area contributed by atoms with Gasteiger partial charge in [0.25, 0.3) is 17.5 Å². The molecular formula is C30H17Cl2N5O4S3. The molecule has 9 nitrogen and oxygen atoms in total. The van der Waals surface area contributed by atoms with Gasteiger partial charge in [0, 0.05) is 27.4 Å². The van der Waals surface area contributed by atoms with Gasteiger partial charge in [-0.3, -0.25) is 19.7 Å². The Kier molecular flexibility index (Phi) is 8.69. The van der Waals surface area contributed by atoms with Crippen LogP contribution < -0.4 is 10.6 Å². The number of amides is 2. The van der Waals surface area contributed by atoms with Crippen LogP contribution in [0.1, 0.15) is 15.9 Å². The number of anilines is 1. The third kappa shape index (κ3) is 6.95. The van der Waals surface area contributed by atoms with Crippen molar-refractivity contribution in [3.05, 3.63) is 121 Å². The zero-order chi connectivity index (χ0) is 30.8. The topological polar surface area (TPSA) is 127 Å². The minimum absolute atomic E-state index is 0.113. The summed E-state index contributed by atoms with van der Waals surface area (Å²) in [6.45, 7) is 0. The highest BCUT2D eigenvalue weighted by Gasteiger charge is 2.25. The Bertz CT molecular complexity index is 2010. The minimum Gasteiger partial charge on any atom is -0.322 e. The normalized spacial score (nSPS) is 14.7. The summed E-state index contributed by atoms with van der Waals surface area (Å²) in [5, 5.41) is 19.1. The Morgan fingerprint density at radius 2 is 1.73 bits per heavy atom. The summed E-state index contributed by atoms with van der Waals surface area (Å²) in [5.74, 6) is -0.619. The molecule has 0 spiro atoms. The van der Waals surface area contributed by atoms with E-state index in [9.17, 15) is 19.7 Å². The molecule has 1 aliphatic heterocycles. The summed E-state index contributed by atoms with van der Waals surface area (Å²) >= 11 is 15.5. The number of halogens is 2. The molecular weight excluding hydrogens is 661 g/mol. The smallest absolute Gasteiger partial charge is 0.283 e. The number of carbonyl (C=O) groups excluding carboxylic acids is 2. The molecule has 0 aliphatic carbocycles. The van der Waals surface area contributed by atoms with Gasteiger partial charge in [-0.15, -0.1) is 11.3 Å². The molecule has 1 aliphatic rings. The molecule has 218 valence electrons. The molecule has 6 rings (SSSR count). The van der Waals surface area contributed by atoms with Crippen LogP contribution in [0.15, 0.2) is 104 Å². The van der Waals surface area contributed by atoms with E-state index in [1.807, 2.05) is 6.07 Å². The highest BCUT2D eigenvalue weighted by atomic mass is 35.5. The van der Waals surface area contributed by atoms with Crippen molar-refractivity contribution >= 4 is 108 Å². The molecule has 2 amide bonds. The number of fused-ring (bicyclic) bond motifs is 1. The summed E-state index contributed by atoms with van der Waals surface area (Å²) < 4.78 is 1.41. The van der Waals surface area contributed by atoms with E-state index in [0.29, 0.717) is 57.4 Å². The van der Waals surface area contributed by atoms with Crippen molar-refractivity contribution in [3.63, 3.8) is 0 Å². The van der Waals surface area contributed by atoms with Gasteiger partial charge in [0.15, 0.2) is 9.51 Å². The lowest BCUT2D eigenvalue weighted by Gasteiger charge is -2.05. The summed E-state index contributed by atoms with van der Waals surface area (Å²) in [6.07, 6.45) is 1.59. The third-order valence-electron chi connectivity index (χ3n) is 6.12. The summed E-state index contributed by atoms with van der Waals surface area (Å²) in [5.41, 5.74) is 2.78. The van der Waals surface area contributed by atoms with Crippen molar-refractivity contribution < 1.29 is 14.5 Å². The van der Waals surface area contributed by atoms with Crippen molar-refractivity contribution in [2.24, 2.45) is 4.99 Å². The van der Waals surface area contributed by atoms with Crippen LogP contribution in [0, 0.1) is 10.1 Å². The van der Waals surface area contributed by atoms with Gasteiger partial charge in [-0.2, -0.15) is 0 Å². The maximum Gasteiger partial charge on any atom is 0.283 e. The van der Waals surface area contributed by atoms with Crippen molar-refractivity contribution in [1.82, 2.24) is 10.3 Å². The number of aromatic nitrogens is 1. The monoisotopic (exact) mass is 677 g/mol. The Morgan fingerprint density at radius 3 is 2.45 bits per heavy atom. The molecule has 1 saturated heterocycles. The lowest BCUT2D eigenvalue weighted by Crippen LogP contribution is -2.19. The first kappa shape index (κ1) is 29.9. The Balaban J connectivity index is 1.19. The SMILES string of the molecule is O=C1NC(=Nc2ccc(Cl)cc2)S/C1=C\c1ccc(Sc2nc3ccc(NC(=O)c4ccc(Cl)cc4)cc3s2)c([N+](=O)[O-])c1. The van der Waals surface area contributed by atoms with Crippen molar-refractivity contribution in [1.29, 1.82) is 0 Å². The van der Waals surface area contributed by atoms with E-state index in [1.54, 1.807) is 78.9 Å². The molecule has 0 saturated carbocycles. The predicted molar refractivity (Wildman–Crippen MR) is 179 cm³/mol. The van der Waals surface area contributed by atoms with Gasteiger partial charge in [-0.1, -0.05) is 41.0 Å². The molecule has 14 heteroatoms. The van der Waals surface area contributed by atoms with Crippen LogP contribution in [-0.4, -0.2) is 26.9 Å². The molecule has 4 aromatic carbocycles. The lowest BCUT2D eigenvalue weighted by atomic mass is 10.2. The standard InChI is InChI=1S/C30H17Cl2N5O4S3/c31-18-4-2-17(3-5-18)27(38)33-21-10-11-22-25(15-21)44-30(35-22)43-24-12-1-16(13-23(24)37(40)41)14-26-28(39)36-29(42-26)34-20-8-6-19(32)7-9-20/h1-15H,(H,33,38)(H,34,36,39)/b26-14-. The molecule has 0 bridgehead atoms. The number of nitro benzene ring substituents is 1. The molecule has 0 atom stereocenters. The Labute approximate surface area is 272 Å². The minimum atomic E-state index is -0.461. The molecule has 5 aromatic rings. The van der Waals surface area contributed by atoms with Gasteiger partial charge >= 0.3 is 0 Å². The fraction of sp³-hybridized carbons (Fsp3) is 0. The van der Waals surface area contributed by atoms with E-state index in [4.69, 9.17) is 23.2 Å². The largest absolute Gasteiger partial charge is 0.322 e. The number of aliphatic imine (C=N–C) groups is 1. The number of amidine groups is 1. The van der Waals surface area contributed by atoms with E-state index < -0.39 is 4.92 Å². The number of thioether (sulfide) groups is 1. The first-order chi connectivity index (χ1) is 21.2.